The van der Waals surface area contributed by atoms with E-state index in [1.807, 2.05) is 47.6 Å². The predicted octanol–water partition coefficient (Wildman–Crippen LogP) is 6.51. The average Bonchev–Trinajstić information content (AvgIpc) is 3.57. The van der Waals surface area contributed by atoms with E-state index in [4.69, 9.17) is 9.47 Å². The summed E-state index contributed by atoms with van der Waals surface area (Å²) in [7, 11) is 0. The Balaban J connectivity index is 1.51. The number of nitrogens with zero attached hydrogens (tertiary/aromatic N) is 3. The van der Waals surface area contributed by atoms with E-state index in [-0.39, 0.29) is 41.2 Å². The summed E-state index contributed by atoms with van der Waals surface area (Å²) in [5, 5.41) is 10.2. The van der Waals surface area contributed by atoms with E-state index in [9.17, 15) is 24.3 Å². The Morgan fingerprint density at radius 2 is 1.56 bits per heavy atom. The summed E-state index contributed by atoms with van der Waals surface area (Å²) in [6.45, 7) is 15.2. The monoisotopic (exact) mass is 619 g/mol. The van der Waals surface area contributed by atoms with E-state index in [1.165, 1.54) is 11.3 Å². The number of likely N-dealkylation sites (tertiary alicyclic amines) is 2. The third-order valence-electron chi connectivity index (χ3n) is 8.59. The molecule has 2 aliphatic heterocycles. The molecule has 1 aliphatic carbocycles. The normalized spacial score (nSPS) is 24.9. The second-order valence-corrected chi connectivity index (χ2v) is 15.6. The maximum Gasteiger partial charge on any atom is 0.410 e. The van der Waals surface area contributed by atoms with Gasteiger partial charge in [0, 0.05) is 30.4 Å². The summed E-state index contributed by atoms with van der Waals surface area (Å²) in [5.41, 5.74) is -0.450. The number of carbonyl (C=O) groups excluding carboxylic acids is 3. The molecule has 10 nitrogen and oxygen atoms in total. The summed E-state index contributed by atoms with van der Waals surface area (Å²) < 4.78 is 11.4. The van der Waals surface area contributed by atoms with Crippen LogP contribution in [0.4, 0.5) is 15.3 Å². The minimum Gasteiger partial charge on any atom is -0.477 e. The first-order valence-electron chi connectivity index (χ1n) is 15.7. The zero-order valence-corrected chi connectivity index (χ0v) is 27.6. The van der Waals surface area contributed by atoms with Crippen molar-refractivity contribution in [1.82, 2.24) is 9.80 Å². The van der Waals surface area contributed by atoms with Crippen LogP contribution in [0.3, 0.4) is 0 Å². The van der Waals surface area contributed by atoms with Gasteiger partial charge in [0.25, 0.3) is 0 Å². The van der Waals surface area contributed by atoms with E-state index in [2.05, 4.69) is 6.92 Å². The van der Waals surface area contributed by atoms with Crippen LogP contribution in [-0.2, 0) is 19.7 Å². The summed E-state index contributed by atoms with van der Waals surface area (Å²) in [6, 6.07) is 1.51. The molecule has 0 unspecified atom stereocenters. The molecule has 0 aromatic carbocycles. The van der Waals surface area contributed by atoms with E-state index < -0.39 is 29.9 Å². The van der Waals surface area contributed by atoms with Crippen molar-refractivity contribution in [3.05, 3.63) is 15.8 Å². The molecule has 3 fully saturated rings. The summed E-state index contributed by atoms with van der Waals surface area (Å²) >= 11 is 1.22. The number of amides is 3. The van der Waals surface area contributed by atoms with Crippen molar-refractivity contribution < 1.29 is 33.8 Å². The van der Waals surface area contributed by atoms with Gasteiger partial charge in [-0.3, -0.25) is 4.79 Å². The number of anilines is 1. The fraction of sp³-hybridized carbons (Fsp3) is 0.750. The Morgan fingerprint density at radius 1 is 0.907 bits per heavy atom. The van der Waals surface area contributed by atoms with Crippen molar-refractivity contribution in [3.63, 3.8) is 0 Å². The second-order valence-electron chi connectivity index (χ2n) is 14.5. The van der Waals surface area contributed by atoms with E-state index in [0.29, 0.717) is 44.0 Å². The number of carboxylic acids is 1. The zero-order chi connectivity index (χ0) is 31.7. The highest BCUT2D eigenvalue weighted by atomic mass is 32.1. The topological polar surface area (TPSA) is 117 Å². The highest BCUT2D eigenvalue weighted by Crippen LogP contribution is 2.41. The van der Waals surface area contributed by atoms with Gasteiger partial charge in [0.05, 0.1) is 18.3 Å². The summed E-state index contributed by atoms with van der Waals surface area (Å²) in [4.78, 5) is 58.4. The molecule has 1 N–H and O–H groups in total. The van der Waals surface area contributed by atoms with Crippen molar-refractivity contribution in [1.29, 1.82) is 0 Å². The van der Waals surface area contributed by atoms with Gasteiger partial charge in [0.2, 0.25) is 5.91 Å². The van der Waals surface area contributed by atoms with Crippen LogP contribution in [0.15, 0.2) is 6.07 Å². The van der Waals surface area contributed by atoms with E-state index in [1.54, 1.807) is 14.7 Å². The largest absolute Gasteiger partial charge is 0.477 e. The molecule has 3 amide bonds. The number of rotatable bonds is 5. The van der Waals surface area contributed by atoms with Gasteiger partial charge in [-0.05, 0) is 83.1 Å². The third kappa shape index (κ3) is 8.22. The molecule has 0 bridgehead atoms. The fourth-order valence-electron chi connectivity index (χ4n) is 6.14. The minimum atomic E-state index is -1.05. The van der Waals surface area contributed by atoms with Crippen LogP contribution in [0.25, 0.3) is 0 Å². The summed E-state index contributed by atoms with van der Waals surface area (Å²) in [5.74, 6) is -0.693. The van der Waals surface area contributed by atoms with Gasteiger partial charge in [0.1, 0.15) is 16.6 Å². The number of ether oxygens (including phenoxy) is 2. The summed E-state index contributed by atoms with van der Waals surface area (Å²) in [6.07, 6.45) is 4.05. The lowest BCUT2D eigenvalue weighted by Crippen LogP contribution is -2.48. The van der Waals surface area contributed by atoms with Crippen molar-refractivity contribution >= 4 is 41.1 Å². The molecule has 1 aromatic heterocycles. The maximum absolute atomic E-state index is 14.2. The predicted molar refractivity (Wildman–Crippen MR) is 166 cm³/mol. The smallest absolute Gasteiger partial charge is 0.410 e. The highest BCUT2D eigenvalue weighted by molar-refractivity contribution is 7.14. The van der Waals surface area contributed by atoms with Gasteiger partial charge in [-0.2, -0.15) is 0 Å². The first-order valence-corrected chi connectivity index (χ1v) is 16.5. The van der Waals surface area contributed by atoms with Crippen molar-refractivity contribution in [2.24, 2.45) is 11.8 Å². The van der Waals surface area contributed by atoms with Gasteiger partial charge in [-0.1, -0.05) is 27.7 Å². The number of piperidine rings is 1. The molecule has 240 valence electrons. The Hall–Kier alpha value is -2.82. The van der Waals surface area contributed by atoms with Gasteiger partial charge >= 0.3 is 18.2 Å². The number of carbonyl (C=O) groups is 4. The Bertz CT molecular complexity index is 1190. The Labute approximate surface area is 259 Å². The number of aromatic carboxylic acids is 1. The SMILES string of the molecule is CC1CCC(C(=O)N(c2cc(C(C)(C)C)sc2C(=O)O)[C@H]2CCN(C(=O)O[C@@H]3CCCN(C(=O)OC(C)(C)C)C3)C2)CC1. The minimum absolute atomic E-state index is 0.0480. The molecule has 2 atom stereocenters. The van der Waals surface area contributed by atoms with Crippen LogP contribution < -0.4 is 4.90 Å². The first kappa shape index (κ1) is 33.1. The van der Waals surface area contributed by atoms with Crippen LogP contribution in [0, 0.1) is 11.8 Å². The number of carboxylic acid groups (broad SMARTS) is 1. The lowest BCUT2D eigenvalue weighted by molar-refractivity contribution is -0.124. The fourth-order valence-corrected chi connectivity index (χ4v) is 7.19. The van der Waals surface area contributed by atoms with Gasteiger partial charge < -0.3 is 29.3 Å². The van der Waals surface area contributed by atoms with Crippen LogP contribution in [0.1, 0.15) is 108 Å². The van der Waals surface area contributed by atoms with Gasteiger partial charge in [-0.15, -0.1) is 11.3 Å². The van der Waals surface area contributed by atoms with Crippen LogP contribution in [-0.4, -0.2) is 82.9 Å². The molecule has 1 aromatic rings. The molecule has 1 saturated carbocycles. The van der Waals surface area contributed by atoms with Crippen LogP contribution in [0.2, 0.25) is 0 Å². The molecule has 4 rings (SSSR count). The van der Waals surface area contributed by atoms with Crippen molar-refractivity contribution in [3.8, 4) is 0 Å². The number of thiophene rings is 1. The quantitative estimate of drug-likeness (QED) is 0.399. The van der Waals surface area contributed by atoms with Gasteiger partial charge in [0.15, 0.2) is 0 Å². The second kappa shape index (κ2) is 13.0. The highest BCUT2D eigenvalue weighted by Gasteiger charge is 2.41. The third-order valence-corrected chi connectivity index (χ3v) is 10.1. The molecule has 3 aliphatic rings. The molecular formula is C32H49N3O7S. The lowest BCUT2D eigenvalue weighted by atomic mass is 9.82. The Kier molecular flexibility index (Phi) is 10.0. The van der Waals surface area contributed by atoms with Crippen molar-refractivity contribution in [2.75, 3.05) is 31.1 Å². The van der Waals surface area contributed by atoms with E-state index >= 15 is 0 Å². The molecule has 43 heavy (non-hydrogen) atoms. The van der Waals surface area contributed by atoms with Crippen LogP contribution >= 0.6 is 11.3 Å². The van der Waals surface area contributed by atoms with Crippen LogP contribution in [0.5, 0.6) is 0 Å². The average molecular weight is 620 g/mol. The maximum atomic E-state index is 14.2. The molecular weight excluding hydrogens is 570 g/mol. The standard InChI is InChI=1S/C32H49N3O7S/c1-20-10-12-21(13-11-20)27(36)35(24-17-25(31(2,3)4)43-26(24)28(37)38)22-14-16-34(18-22)29(39)41-23-9-8-15-33(19-23)30(40)42-32(5,6)7/h17,20-23H,8-16,18-19H2,1-7H3,(H,37,38)/t20?,21?,22-,23+/m0/s1. The molecule has 0 spiro atoms. The number of hydrogen-bond acceptors (Lipinski definition) is 7. The molecule has 11 heteroatoms. The van der Waals surface area contributed by atoms with Crippen molar-refractivity contribution in [2.45, 2.75) is 117 Å². The first-order chi connectivity index (χ1) is 20.0. The molecule has 3 heterocycles. The van der Waals surface area contributed by atoms with E-state index in [0.717, 1.165) is 30.6 Å². The van der Waals surface area contributed by atoms with Gasteiger partial charge in [-0.25, -0.2) is 14.4 Å². The molecule has 2 saturated heterocycles. The number of hydrogen-bond donors (Lipinski definition) is 1. The Morgan fingerprint density at radius 3 is 2.16 bits per heavy atom. The lowest BCUT2D eigenvalue weighted by Gasteiger charge is -2.35. The zero-order valence-electron chi connectivity index (χ0n) is 26.8. The molecule has 0 radical (unpaired) electrons.